The average Bonchev–Trinajstić information content (AvgIpc) is 2.81. The molecule has 1 nitrogen and oxygen atoms in total. The molecule has 0 heterocycles. The SMILES string of the molecule is Cc1ccc(CCC(=O)C2CCCC2)c(Cl)c1. The molecular weight excluding hydrogens is 232 g/mol. The Hall–Kier alpha value is -0.820. The quantitative estimate of drug-likeness (QED) is 0.777. The van der Waals surface area contributed by atoms with Crippen LogP contribution in [0.25, 0.3) is 0 Å². The van der Waals surface area contributed by atoms with Crippen molar-refractivity contribution in [2.75, 3.05) is 0 Å². The first-order valence-corrected chi connectivity index (χ1v) is 6.82. The molecule has 1 aromatic rings. The smallest absolute Gasteiger partial charge is 0.136 e. The Labute approximate surface area is 108 Å². The summed E-state index contributed by atoms with van der Waals surface area (Å²) in [4.78, 5) is 12.0. The third-order valence-electron chi connectivity index (χ3n) is 3.66. The number of carbonyl (C=O) groups is 1. The third kappa shape index (κ3) is 3.32. The maximum atomic E-state index is 12.0. The lowest BCUT2D eigenvalue weighted by Gasteiger charge is -2.09. The summed E-state index contributed by atoms with van der Waals surface area (Å²) in [6.07, 6.45) is 6.08. The van der Waals surface area contributed by atoms with Crippen molar-refractivity contribution in [3.8, 4) is 0 Å². The number of rotatable bonds is 4. The first-order chi connectivity index (χ1) is 8.16. The van der Waals surface area contributed by atoms with Crippen molar-refractivity contribution in [1.82, 2.24) is 0 Å². The molecule has 1 aliphatic carbocycles. The number of hydrogen-bond donors (Lipinski definition) is 0. The summed E-state index contributed by atoms with van der Waals surface area (Å²) in [7, 11) is 0. The summed E-state index contributed by atoms with van der Waals surface area (Å²) in [5.41, 5.74) is 2.27. The first kappa shape index (κ1) is 12.6. The van der Waals surface area contributed by atoms with Crippen LogP contribution in [-0.4, -0.2) is 5.78 Å². The molecule has 1 saturated carbocycles. The van der Waals surface area contributed by atoms with Gasteiger partial charge >= 0.3 is 0 Å². The van der Waals surface area contributed by atoms with Crippen molar-refractivity contribution >= 4 is 17.4 Å². The second kappa shape index (κ2) is 5.68. The van der Waals surface area contributed by atoms with E-state index in [1.54, 1.807) is 0 Å². The number of halogens is 1. The fraction of sp³-hybridized carbons (Fsp3) is 0.533. The van der Waals surface area contributed by atoms with Gasteiger partial charge in [0.1, 0.15) is 5.78 Å². The van der Waals surface area contributed by atoms with Gasteiger partial charge in [-0.1, -0.05) is 36.6 Å². The van der Waals surface area contributed by atoms with Gasteiger partial charge in [0.15, 0.2) is 0 Å². The average molecular weight is 251 g/mol. The summed E-state index contributed by atoms with van der Waals surface area (Å²) in [6, 6.07) is 6.07. The molecule has 0 bridgehead atoms. The van der Waals surface area contributed by atoms with E-state index in [0.29, 0.717) is 18.1 Å². The minimum Gasteiger partial charge on any atom is -0.299 e. The topological polar surface area (TPSA) is 17.1 Å². The van der Waals surface area contributed by atoms with Crippen LogP contribution >= 0.6 is 11.6 Å². The van der Waals surface area contributed by atoms with Gasteiger partial charge in [-0.25, -0.2) is 0 Å². The Balaban J connectivity index is 1.90. The van der Waals surface area contributed by atoms with E-state index in [0.717, 1.165) is 29.8 Å². The molecule has 0 aromatic heterocycles. The lowest BCUT2D eigenvalue weighted by atomic mass is 9.96. The van der Waals surface area contributed by atoms with Gasteiger partial charge in [0.05, 0.1) is 0 Å². The molecule has 17 heavy (non-hydrogen) atoms. The van der Waals surface area contributed by atoms with E-state index < -0.39 is 0 Å². The van der Waals surface area contributed by atoms with Crippen LogP contribution in [0.5, 0.6) is 0 Å². The summed E-state index contributed by atoms with van der Waals surface area (Å²) >= 11 is 6.16. The molecule has 1 fully saturated rings. The molecule has 2 rings (SSSR count). The molecule has 0 radical (unpaired) electrons. The van der Waals surface area contributed by atoms with E-state index in [9.17, 15) is 4.79 Å². The highest BCUT2D eigenvalue weighted by Crippen LogP contribution is 2.27. The molecule has 1 aromatic carbocycles. The van der Waals surface area contributed by atoms with Crippen LogP contribution in [0.4, 0.5) is 0 Å². The zero-order valence-electron chi connectivity index (χ0n) is 10.3. The van der Waals surface area contributed by atoms with Crippen molar-refractivity contribution < 1.29 is 4.79 Å². The van der Waals surface area contributed by atoms with E-state index >= 15 is 0 Å². The monoisotopic (exact) mass is 250 g/mol. The molecule has 0 N–H and O–H groups in total. The summed E-state index contributed by atoms with van der Waals surface area (Å²) in [5, 5.41) is 0.796. The summed E-state index contributed by atoms with van der Waals surface area (Å²) < 4.78 is 0. The minimum atomic E-state index is 0.333. The second-order valence-corrected chi connectivity index (χ2v) is 5.45. The fourth-order valence-corrected chi connectivity index (χ4v) is 2.89. The normalized spacial score (nSPS) is 16.4. The minimum absolute atomic E-state index is 0.333. The van der Waals surface area contributed by atoms with Crippen LogP contribution < -0.4 is 0 Å². The first-order valence-electron chi connectivity index (χ1n) is 6.44. The molecule has 0 atom stereocenters. The molecular formula is C15H19ClO. The molecule has 0 amide bonds. The maximum Gasteiger partial charge on any atom is 0.136 e. The zero-order chi connectivity index (χ0) is 12.3. The third-order valence-corrected chi connectivity index (χ3v) is 4.01. The Morgan fingerprint density at radius 3 is 2.71 bits per heavy atom. The van der Waals surface area contributed by atoms with E-state index in [2.05, 4.69) is 6.07 Å². The largest absolute Gasteiger partial charge is 0.299 e. The van der Waals surface area contributed by atoms with Crippen LogP contribution in [0.2, 0.25) is 5.02 Å². The highest BCUT2D eigenvalue weighted by atomic mass is 35.5. The maximum absolute atomic E-state index is 12.0. The predicted molar refractivity (Wildman–Crippen MR) is 71.5 cm³/mol. The van der Waals surface area contributed by atoms with E-state index in [1.165, 1.54) is 18.4 Å². The van der Waals surface area contributed by atoms with Gasteiger partial charge in [0.2, 0.25) is 0 Å². The highest BCUT2D eigenvalue weighted by molar-refractivity contribution is 6.31. The lowest BCUT2D eigenvalue weighted by Crippen LogP contribution is -2.11. The number of aryl methyl sites for hydroxylation is 2. The lowest BCUT2D eigenvalue weighted by molar-refractivity contribution is -0.122. The highest BCUT2D eigenvalue weighted by Gasteiger charge is 2.22. The van der Waals surface area contributed by atoms with Gasteiger partial charge in [-0.2, -0.15) is 0 Å². The predicted octanol–water partition coefficient (Wildman–Crippen LogP) is 4.34. The van der Waals surface area contributed by atoms with Gasteiger partial charge < -0.3 is 0 Å². The number of benzene rings is 1. The molecule has 1 aliphatic rings. The number of carbonyl (C=O) groups excluding carboxylic acids is 1. The molecule has 0 saturated heterocycles. The van der Waals surface area contributed by atoms with Crippen LogP contribution in [0.3, 0.4) is 0 Å². The van der Waals surface area contributed by atoms with Gasteiger partial charge in [-0.15, -0.1) is 0 Å². The van der Waals surface area contributed by atoms with Crippen LogP contribution in [-0.2, 0) is 11.2 Å². The van der Waals surface area contributed by atoms with Gasteiger partial charge in [0.25, 0.3) is 0 Å². The van der Waals surface area contributed by atoms with Crippen molar-refractivity contribution in [3.63, 3.8) is 0 Å². The Bertz CT molecular complexity index is 405. The molecule has 0 unspecified atom stereocenters. The Morgan fingerprint density at radius 1 is 1.35 bits per heavy atom. The van der Waals surface area contributed by atoms with Crippen molar-refractivity contribution in [1.29, 1.82) is 0 Å². The Morgan fingerprint density at radius 2 is 2.06 bits per heavy atom. The summed E-state index contributed by atoms with van der Waals surface area (Å²) in [6.45, 7) is 2.03. The summed E-state index contributed by atoms with van der Waals surface area (Å²) in [5.74, 6) is 0.762. The number of Topliss-reactive ketones (excluding diaryl/α,β-unsaturated/α-hetero) is 1. The second-order valence-electron chi connectivity index (χ2n) is 5.04. The van der Waals surface area contributed by atoms with Crippen molar-refractivity contribution in [2.24, 2.45) is 5.92 Å². The van der Waals surface area contributed by atoms with E-state index in [4.69, 9.17) is 11.6 Å². The number of hydrogen-bond acceptors (Lipinski definition) is 1. The fourth-order valence-electron chi connectivity index (χ4n) is 2.56. The van der Waals surface area contributed by atoms with Gasteiger partial charge in [0, 0.05) is 17.4 Å². The molecule has 2 heteroatoms. The van der Waals surface area contributed by atoms with Crippen LogP contribution in [0, 0.1) is 12.8 Å². The van der Waals surface area contributed by atoms with Crippen LogP contribution in [0.1, 0.15) is 43.2 Å². The Kier molecular flexibility index (Phi) is 4.22. The van der Waals surface area contributed by atoms with Crippen molar-refractivity contribution in [3.05, 3.63) is 34.3 Å². The number of ketones is 1. The van der Waals surface area contributed by atoms with Gasteiger partial charge in [-0.05, 0) is 43.4 Å². The van der Waals surface area contributed by atoms with Crippen LogP contribution in [0.15, 0.2) is 18.2 Å². The standard InChI is InChI=1S/C15H19ClO/c1-11-6-7-12(14(16)10-11)8-9-15(17)13-4-2-3-5-13/h6-7,10,13H,2-5,8-9H2,1H3. The van der Waals surface area contributed by atoms with Crippen molar-refractivity contribution in [2.45, 2.75) is 45.4 Å². The zero-order valence-corrected chi connectivity index (χ0v) is 11.1. The molecule has 92 valence electrons. The van der Waals surface area contributed by atoms with E-state index in [-0.39, 0.29) is 0 Å². The molecule has 0 spiro atoms. The molecule has 0 aliphatic heterocycles. The van der Waals surface area contributed by atoms with E-state index in [1.807, 2.05) is 19.1 Å². The van der Waals surface area contributed by atoms with Gasteiger partial charge in [-0.3, -0.25) is 4.79 Å².